The van der Waals surface area contributed by atoms with Gasteiger partial charge in [0.2, 0.25) is 0 Å². The minimum absolute atomic E-state index is 0.539. The highest BCUT2D eigenvalue weighted by molar-refractivity contribution is 5.18. The van der Waals surface area contributed by atoms with Crippen LogP contribution < -0.4 is 0 Å². The van der Waals surface area contributed by atoms with Gasteiger partial charge in [-0.3, -0.25) is 0 Å². The Hall–Kier alpha value is -1.02. The fourth-order valence-corrected chi connectivity index (χ4v) is 1.24. The van der Waals surface area contributed by atoms with Crippen molar-refractivity contribution in [2.75, 3.05) is 0 Å². The van der Waals surface area contributed by atoms with Crippen molar-refractivity contribution in [3.63, 3.8) is 0 Å². The van der Waals surface area contributed by atoms with Crippen molar-refractivity contribution in [3.05, 3.63) is 35.8 Å². The average molecular weight is 180 g/mol. The smallest absolute Gasteiger partial charge is 0.135 e. The van der Waals surface area contributed by atoms with Crippen molar-refractivity contribution in [2.24, 2.45) is 0 Å². The summed E-state index contributed by atoms with van der Waals surface area (Å²) >= 11 is 0. The molecule has 2 heteroatoms. The van der Waals surface area contributed by atoms with Gasteiger partial charge in [-0.15, -0.1) is 0 Å². The number of furan rings is 1. The molecule has 1 aromatic rings. The lowest BCUT2D eigenvalue weighted by molar-refractivity contribution is 0.148. The molecule has 1 heterocycles. The highest BCUT2D eigenvalue weighted by Crippen LogP contribution is 2.24. The number of aliphatic hydroxyl groups excluding tert-OH is 1. The maximum Gasteiger partial charge on any atom is 0.135 e. The molecule has 0 radical (unpaired) electrons. The zero-order chi connectivity index (χ0) is 9.84. The highest BCUT2D eigenvalue weighted by atomic mass is 16.4. The number of aliphatic hydroxyl groups is 1. The van der Waals surface area contributed by atoms with Crippen LogP contribution in [0.2, 0.25) is 0 Å². The minimum atomic E-state index is -0.539. The zero-order valence-corrected chi connectivity index (χ0v) is 8.21. The van der Waals surface area contributed by atoms with E-state index in [0.717, 1.165) is 17.6 Å². The number of hydrogen-bond acceptors (Lipinski definition) is 2. The molecule has 1 rings (SSSR count). The van der Waals surface area contributed by atoms with Crippen molar-refractivity contribution < 1.29 is 9.52 Å². The summed E-state index contributed by atoms with van der Waals surface area (Å²) in [5.74, 6) is 0.662. The highest BCUT2D eigenvalue weighted by Gasteiger charge is 2.13. The molecule has 0 aliphatic carbocycles. The largest absolute Gasteiger partial charge is 0.466 e. The first-order valence-electron chi connectivity index (χ1n) is 4.53. The Bertz CT molecular complexity index is 286. The van der Waals surface area contributed by atoms with Crippen molar-refractivity contribution in [1.29, 1.82) is 0 Å². The Balaban J connectivity index is 2.63. The van der Waals surface area contributed by atoms with Gasteiger partial charge in [-0.1, -0.05) is 19.1 Å². The van der Waals surface area contributed by atoms with Crippen LogP contribution in [0.25, 0.3) is 0 Å². The van der Waals surface area contributed by atoms with Crippen LogP contribution in [0.5, 0.6) is 0 Å². The minimum Gasteiger partial charge on any atom is -0.466 e. The summed E-state index contributed by atoms with van der Waals surface area (Å²) in [5, 5.41) is 9.74. The Kier molecular flexibility index (Phi) is 3.32. The molecule has 1 N–H and O–H groups in total. The molecule has 0 saturated heterocycles. The van der Waals surface area contributed by atoms with Crippen molar-refractivity contribution in [2.45, 2.75) is 32.8 Å². The van der Waals surface area contributed by atoms with Crippen molar-refractivity contribution in [3.8, 4) is 0 Å². The van der Waals surface area contributed by atoms with Crippen LogP contribution in [-0.2, 0) is 0 Å². The van der Waals surface area contributed by atoms with Gasteiger partial charge in [0.15, 0.2) is 0 Å². The lowest BCUT2D eigenvalue weighted by Crippen LogP contribution is -1.98. The maximum atomic E-state index is 9.74. The molecule has 2 nitrogen and oxygen atoms in total. The second-order valence-electron chi connectivity index (χ2n) is 3.29. The predicted molar refractivity (Wildman–Crippen MR) is 52.5 cm³/mol. The van der Waals surface area contributed by atoms with Crippen LogP contribution in [-0.4, -0.2) is 5.11 Å². The molecular formula is C11H16O2. The van der Waals surface area contributed by atoms with Gasteiger partial charge in [-0.25, -0.2) is 0 Å². The van der Waals surface area contributed by atoms with Crippen LogP contribution in [0.15, 0.2) is 28.9 Å². The first-order valence-corrected chi connectivity index (χ1v) is 4.53. The summed E-state index contributed by atoms with van der Waals surface area (Å²) in [6.07, 6.45) is 2.55. The van der Waals surface area contributed by atoms with Gasteiger partial charge in [0.05, 0.1) is 6.26 Å². The van der Waals surface area contributed by atoms with E-state index in [4.69, 9.17) is 4.42 Å². The summed E-state index contributed by atoms with van der Waals surface area (Å²) in [5.41, 5.74) is 2.04. The lowest BCUT2D eigenvalue weighted by Gasteiger charge is -2.09. The number of rotatable bonds is 4. The Labute approximate surface area is 78.9 Å². The van der Waals surface area contributed by atoms with Crippen LogP contribution in [0.4, 0.5) is 0 Å². The second kappa shape index (κ2) is 4.28. The van der Waals surface area contributed by atoms with E-state index in [0.29, 0.717) is 12.2 Å². The Morgan fingerprint density at radius 3 is 2.85 bits per heavy atom. The van der Waals surface area contributed by atoms with Gasteiger partial charge < -0.3 is 9.52 Å². The van der Waals surface area contributed by atoms with E-state index in [1.165, 1.54) is 0 Å². The predicted octanol–water partition coefficient (Wildman–Crippen LogP) is 2.98. The number of aryl methyl sites for hydroxylation is 1. The van der Waals surface area contributed by atoms with Gasteiger partial charge in [0, 0.05) is 6.42 Å². The van der Waals surface area contributed by atoms with Gasteiger partial charge in [0.1, 0.15) is 11.9 Å². The van der Waals surface area contributed by atoms with E-state index in [1.807, 2.05) is 19.9 Å². The summed E-state index contributed by atoms with van der Waals surface area (Å²) in [7, 11) is 0. The second-order valence-corrected chi connectivity index (χ2v) is 3.29. The fraction of sp³-hybridized carbons (Fsp3) is 0.455. The molecule has 0 aliphatic heterocycles. The normalized spacial score (nSPS) is 12.8. The van der Waals surface area contributed by atoms with Crippen LogP contribution in [0, 0.1) is 6.92 Å². The van der Waals surface area contributed by atoms with E-state index in [2.05, 4.69) is 6.58 Å². The third-order valence-electron chi connectivity index (χ3n) is 2.19. The van der Waals surface area contributed by atoms with E-state index < -0.39 is 6.10 Å². The first-order chi connectivity index (χ1) is 6.15. The monoisotopic (exact) mass is 180 g/mol. The molecular weight excluding hydrogens is 164 g/mol. The summed E-state index contributed by atoms with van der Waals surface area (Å²) in [4.78, 5) is 0. The quantitative estimate of drug-likeness (QED) is 0.722. The molecule has 0 bridgehead atoms. The van der Waals surface area contributed by atoms with Gasteiger partial charge in [-0.05, 0) is 25.0 Å². The van der Waals surface area contributed by atoms with Crippen LogP contribution in [0.1, 0.15) is 37.2 Å². The molecule has 0 aromatic carbocycles. The van der Waals surface area contributed by atoms with Crippen LogP contribution >= 0.6 is 0 Å². The SMILES string of the molecule is C=C(CC)CC(O)c1occc1C. The van der Waals surface area contributed by atoms with Gasteiger partial charge in [-0.2, -0.15) is 0 Å². The van der Waals surface area contributed by atoms with E-state index in [-0.39, 0.29) is 0 Å². The molecule has 72 valence electrons. The van der Waals surface area contributed by atoms with E-state index in [1.54, 1.807) is 6.26 Å². The Morgan fingerprint density at radius 2 is 2.38 bits per heavy atom. The number of hydrogen-bond donors (Lipinski definition) is 1. The third-order valence-corrected chi connectivity index (χ3v) is 2.19. The van der Waals surface area contributed by atoms with Crippen LogP contribution in [0.3, 0.4) is 0 Å². The molecule has 13 heavy (non-hydrogen) atoms. The molecule has 0 amide bonds. The van der Waals surface area contributed by atoms with Gasteiger partial charge in [0.25, 0.3) is 0 Å². The molecule has 0 fully saturated rings. The van der Waals surface area contributed by atoms with E-state index >= 15 is 0 Å². The molecule has 0 spiro atoms. The summed E-state index contributed by atoms with van der Waals surface area (Å²) in [6, 6.07) is 1.85. The van der Waals surface area contributed by atoms with Gasteiger partial charge >= 0.3 is 0 Å². The lowest BCUT2D eigenvalue weighted by atomic mass is 10.0. The molecule has 0 saturated carbocycles. The summed E-state index contributed by atoms with van der Waals surface area (Å²) in [6.45, 7) is 7.81. The molecule has 1 atom stereocenters. The maximum absolute atomic E-state index is 9.74. The average Bonchev–Trinajstić information content (AvgIpc) is 2.51. The standard InChI is InChI=1S/C11H16O2/c1-4-8(2)7-10(12)11-9(3)5-6-13-11/h5-6,10,12H,2,4,7H2,1,3H3. The molecule has 1 aromatic heterocycles. The molecule has 1 unspecified atom stereocenters. The van der Waals surface area contributed by atoms with E-state index in [9.17, 15) is 5.11 Å². The first kappa shape index (κ1) is 10.1. The Morgan fingerprint density at radius 1 is 1.69 bits per heavy atom. The third kappa shape index (κ3) is 2.46. The van der Waals surface area contributed by atoms with Crippen molar-refractivity contribution >= 4 is 0 Å². The fourth-order valence-electron chi connectivity index (χ4n) is 1.24. The molecule has 0 aliphatic rings. The zero-order valence-electron chi connectivity index (χ0n) is 8.21. The topological polar surface area (TPSA) is 33.4 Å². The summed E-state index contributed by atoms with van der Waals surface area (Å²) < 4.78 is 5.18. The van der Waals surface area contributed by atoms with Crippen molar-refractivity contribution in [1.82, 2.24) is 0 Å².